The highest BCUT2D eigenvalue weighted by atomic mass is 79.9. The van der Waals surface area contributed by atoms with Crippen molar-refractivity contribution < 1.29 is 0 Å². The summed E-state index contributed by atoms with van der Waals surface area (Å²) >= 11 is 11.0. The maximum atomic E-state index is 6.23. The van der Waals surface area contributed by atoms with Crippen LogP contribution in [-0.2, 0) is 6.42 Å². The van der Waals surface area contributed by atoms with Gasteiger partial charge in [0.25, 0.3) is 0 Å². The van der Waals surface area contributed by atoms with Crippen molar-refractivity contribution in [3.63, 3.8) is 0 Å². The summed E-state index contributed by atoms with van der Waals surface area (Å²) in [4.78, 5) is 5.54. The highest BCUT2D eigenvalue weighted by Crippen LogP contribution is 2.26. The predicted molar refractivity (Wildman–Crippen MR) is 82.9 cm³/mol. The van der Waals surface area contributed by atoms with Crippen molar-refractivity contribution in [1.29, 1.82) is 0 Å². The normalized spacial score (nSPS) is 13.0. The Balaban J connectivity index is 1.82. The molecule has 0 aliphatic rings. The topological polar surface area (TPSA) is 43.3 Å². The van der Waals surface area contributed by atoms with Crippen molar-refractivity contribution in [2.24, 2.45) is 5.73 Å². The van der Waals surface area contributed by atoms with Crippen molar-refractivity contribution in [2.45, 2.75) is 12.5 Å². The molecule has 6 heteroatoms. The minimum absolute atomic E-state index is 0.0850. The number of hydrogen-bond acceptors (Lipinski definition) is 3. The lowest BCUT2D eigenvalue weighted by molar-refractivity contribution is 0.710. The molecule has 0 aliphatic heterocycles. The van der Waals surface area contributed by atoms with E-state index in [1.165, 1.54) is 0 Å². The lowest BCUT2D eigenvalue weighted by Gasteiger charge is -2.11. The third kappa shape index (κ3) is 2.69. The molecule has 0 saturated carbocycles. The zero-order valence-electron chi connectivity index (χ0n) is 9.88. The minimum Gasteiger partial charge on any atom is -0.324 e. The number of nitrogens with two attached hydrogens (primary N) is 1. The summed E-state index contributed by atoms with van der Waals surface area (Å²) in [5.74, 6) is 0. The van der Waals surface area contributed by atoms with E-state index in [0.717, 1.165) is 20.7 Å². The second kappa shape index (κ2) is 5.25. The first kappa shape index (κ1) is 13.1. The Kier molecular flexibility index (Phi) is 3.62. The van der Waals surface area contributed by atoms with Crippen LogP contribution in [0.25, 0.3) is 4.96 Å². The zero-order chi connectivity index (χ0) is 13.4. The van der Waals surface area contributed by atoms with E-state index in [4.69, 9.17) is 17.3 Å². The maximum absolute atomic E-state index is 6.23. The van der Waals surface area contributed by atoms with Crippen molar-refractivity contribution >= 4 is 43.8 Å². The fourth-order valence-electron chi connectivity index (χ4n) is 1.96. The van der Waals surface area contributed by atoms with Crippen LogP contribution in [0, 0.1) is 0 Å². The number of rotatable bonds is 3. The van der Waals surface area contributed by atoms with Gasteiger partial charge in [0.15, 0.2) is 4.96 Å². The summed E-state index contributed by atoms with van der Waals surface area (Å²) in [5.41, 5.74) is 8.28. The number of fused-ring (bicyclic) bond motifs is 1. The third-order valence-corrected chi connectivity index (χ3v) is 4.93. The molecular formula is C13H11BrClN3S. The number of imidazole rings is 1. The van der Waals surface area contributed by atoms with Crippen LogP contribution in [0.4, 0.5) is 0 Å². The first-order valence-electron chi connectivity index (χ1n) is 5.75. The lowest BCUT2D eigenvalue weighted by atomic mass is 10.0. The van der Waals surface area contributed by atoms with Gasteiger partial charge in [-0.3, -0.25) is 4.40 Å². The summed E-state index contributed by atoms with van der Waals surface area (Å²) in [6, 6.07) is 5.69. The summed E-state index contributed by atoms with van der Waals surface area (Å²) in [6.07, 6.45) is 4.74. The fraction of sp³-hybridized carbons (Fsp3) is 0.154. The van der Waals surface area contributed by atoms with E-state index in [1.54, 1.807) is 11.3 Å². The number of hydrogen-bond donors (Lipinski definition) is 1. The predicted octanol–water partition coefficient (Wildman–Crippen LogP) is 4.05. The Morgan fingerprint density at radius 2 is 2.32 bits per heavy atom. The average molecular weight is 357 g/mol. The molecule has 3 rings (SSSR count). The molecule has 0 amide bonds. The molecule has 0 spiro atoms. The highest BCUT2D eigenvalue weighted by molar-refractivity contribution is 9.10. The molecule has 3 nitrogen and oxygen atoms in total. The molecule has 0 bridgehead atoms. The smallest absolute Gasteiger partial charge is 0.193 e. The molecule has 98 valence electrons. The molecule has 0 radical (unpaired) electrons. The number of nitrogens with zero attached hydrogens (tertiary/aromatic N) is 2. The van der Waals surface area contributed by atoms with E-state index < -0.39 is 0 Å². The first-order valence-corrected chi connectivity index (χ1v) is 7.80. The van der Waals surface area contributed by atoms with Crippen LogP contribution in [0.15, 0.2) is 40.4 Å². The molecular weight excluding hydrogens is 346 g/mol. The van der Waals surface area contributed by atoms with E-state index >= 15 is 0 Å². The first-order chi connectivity index (χ1) is 9.13. The second-order valence-corrected chi connectivity index (χ2v) is 6.44. The van der Waals surface area contributed by atoms with Crippen molar-refractivity contribution in [3.05, 3.63) is 56.7 Å². The Hall–Kier alpha value is -0.880. The molecule has 1 atom stereocenters. The van der Waals surface area contributed by atoms with Crippen molar-refractivity contribution in [2.75, 3.05) is 0 Å². The van der Waals surface area contributed by atoms with Crippen LogP contribution >= 0.6 is 38.9 Å². The van der Waals surface area contributed by atoms with E-state index in [2.05, 4.69) is 20.9 Å². The molecule has 3 aromatic rings. The highest BCUT2D eigenvalue weighted by Gasteiger charge is 2.11. The molecule has 0 aliphatic carbocycles. The number of halogens is 2. The summed E-state index contributed by atoms with van der Waals surface area (Å²) in [6.45, 7) is 0. The molecule has 2 heterocycles. The third-order valence-electron chi connectivity index (χ3n) is 2.94. The van der Waals surface area contributed by atoms with Crippen LogP contribution in [0.2, 0.25) is 5.02 Å². The molecule has 2 N–H and O–H groups in total. The summed E-state index contributed by atoms with van der Waals surface area (Å²) < 4.78 is 2.89. The van der Waals surface area contributed by atoms with Gasteiger partial charge in [-0.25, -0.2) is 4.98 Å². The monoisotopic (exact) mass is 355 g/mol. The number of benzene rings is 1. The van der Waals surface area contributed by atoms with E-state index in [-0.39, 0.29) is 6.04 Å². The Labute approximate surface area is 128 Å². The summed E-state index contributed by atoms with van der Waals surface area (Å²) in [7, 11) is 0. The molecule has 2 aromatic heterocycles. The van der Waals surface area contributed by atoms with Gasteiger partial charge in [0, 0.05) is 34.7 Å². The van der Waals surface area contributed by atoms with Crippen LogP contribution in [0.1, 0.15) is 17.3 Å². The fourth-order valence-corrected chi connectivity index (χ4v) is 3.19. The Morgan fingerprint density at radius 3 is 3.05 bits per heavy atom. The number of thiazole rings is 1. The summed E-state index contributed by atoms with van der Waals surface area (Å²) in [5, 5.41) is 2.71. The second-order valence-electron chi connectivity index (χ2n) is 4.31. The van der Waals surface area contributed by atoms with Crippen molar-refractivity contribution in [3.8, 4) is 0 Å². The molecule has 1 aromatic carbocycles. The van der Waals surface area contributed by atoms with Gasteiger partial charge in [0.2, 0.25) is 0 Å². The van der Waals surface area contributed by atoms with E-state index in [1.807, 2.05) is 40.4 Å². The standard InChI is InChI=1S/C13H11BrClN3S/c14-10-5-8(1-2-11(10)15)12(16)6-9-7-18-3-4-19-13(18)17-9/h1-5,7,12H,6,16H2. The van der Waals surface area contributed by atoms with Gasteiger partial charge in [0.05, 0.1) is 10.7 Å². The van der Waals surface area contributed by atoms with Gasteiger partial charge in [-0.15, -0.1) is 11.3 Å². The maximum Gasteiger partial charge on any atom is 0.193 e. The Bertz CT molecular complexity index is 693. The Morgan fingerprint density at radius 1 is 1.47 bits per heavy atom. The van der Waals surface area contributed by atoms with Crippen LogP contribution in [0.3, 0.4) is 0 Å². The van der Waals surface area contributed by atoms with Gasteiger partial charge in [0.1, 0.15) is 0 Å². The van der Waals surface area contributed by atoms with Crippen LogP contribution < -0.4 is 5.73 Å². The van der Waals surface area contributed by atoms with E-state index in [9.17, 15) is 0 Å². The van der Waals surface area contributed by atoms with E-state index in [0.29, 0.717) is 11.4 Å². The lowest BCUT2D eigenvalue weighted by Crippen LogP contribution is -2.13. The largest absolute Gasteiger partial charge is 0.324 e. The van der Waals surface area contributed by atoms with Gasteiger partial charge in [-0.05, 0) is 33.6 Å². The van der Waals surface area contributed by atoms with Gasteiger partial charge in [-0.1, -0.05) is 17.7 Å². The quantitative estimate of drug-likeness (QED) is 0.769. The molecule has 0 saturated heterocycles. The average Bonchev–Trinajstić information content (AvgIpc) is 2.93. The van der Waals surface area contributed by atoms with Gasteiger partial charge >= 0.3 is 0 Å². The van der Waals surface area contributed by atoms with Gasteiger partial charge in [-0.2, -0.15) is 0 Å². The van der Waals surface area contributed by atoms with Gasteiger partial charge < -0.3 is 5.73 Å². The number of aromatic nitrogens is 2. The zero-order valence-corrected chi connectivity index (χ0v) is 13.0. The van der Waals surface area contributed by atoms with Crippen LogP contribution in [-0.4, -0.2) is 9.38 Å². The van der Waals surface area contributed by atoms with Crippen molar-refractivity contribution in [1.82, 2.24) is 9.38 Å². The van der Waals surface area contributed by atoms with Crippen LogP contribution in [0.5, 0.6) is 0 Å². The molecule has 1 unspecified atom stereocenters. The minimum atomic E-state index is -0.0850. The SMILES string of the molecule is NC(Cc1cn2ccsc2n1)c1ccc(Cl)c(Br)c1. The molecule has 0 fully saturated rings. The molecule has 19 heavy (non-hydrogen) atoms.